The fraction of sp³-hybridized carbons (Fsp3) is 0.625. The van der Waals surface area contributed by atoms with Crippen molar-refractivity contribution in [3.63, 3.8) is 0 Å². The van der Waals surface area contributed by atoms with Crippen LogP contribution >= 0.6 is 0 Å². The lowest BCUT2D eigenvalue weighted by Gasteiger charge is -2.18. The monoisotopic (exact) mass is 614 g/mol. The van der Waals surface area contributed by atoms with Crippen molar-refractivity contribution in [2.24, 2.45) is 5.92 Å². The number of carbonyl (C=O) groups excluding carboxylic acids is 8. The Kier molecular flexibility index (Phi) is 16.5. The van der Waals surface area contributed by atoms with Crippen molar-refractivity contribution in [3.05, 3.63) is 24.3 Å². The van der Waals surface area contributed by atoms with Crippen LogP contribution in [0.5, 0.6) is 0 Å². The number of unbranched alkanes of at least 4 members (excludes halogenated alkanes) is 5. The summed E-state index contributed by atoms with van der Waals surface area (Å²) in [5.74, 6) is -2.80. The molecule has 2 heterocycles. The molecule has 2 aliphatic heterocycles. The van der Waals surface area contributed by atoms with Crippen LogP contribution in [0.15, 0.2) is 24.3 Å². The number of rotatable bonds is 24. The first-order valence-corrected chi connectivity index (χ1v) is 15.8. The SMILES string of the molecule is CCCC(=O)CCCCCCCNC(=O)[C@H](CCCCNC(=O)CCN1C(=O)C=CC1=O)CC(=O)CCN1C(=O)C=CC1=O. The van der Waals surface area contributed by atoms with Gasteiger partial charge >= 0.3 is 0 Å². The highest BCUT2D eigenvalue weighted by Gasteiger charge is 2.26. The maximum absolute atomic E-state index is 13.0. The number of hydrogen-bond donors (Lipinski definition) is 2. The van der Waals surface area contributed by atoms with Crippen LogP contribution in [0.2, 0.25) is 0 Å². The van der Waals surface area contributed by atoms with Gasteiger partial charge in [-0.1, -0.05) is 32.6 Å². The van der Waals surface area contributed by atoms with E-state index >= 15 is 0 Å². The summed E-state index contributed by atoms with van der Waals surface area (Å²) in [6, 6.07) is 0. The second-order valence-electron chi connectivity index (χ2n) is 11.2. The summed E-state index contributed by atoms with van der Waals surface area (Å²) in [7, 11) is 0. The number of imide groups is 2. The predicted molar refractivity (Wildman–Crippen MR) is 162 cm³/mol. The molecule has 0 saturated heterocycles. The number of nitrogens with one attached hydrogen (secondary N) is 2. The van der Waals surface area contributed by atoms with Crippen molar-refractivity contribution in [1.29, 1.82) is 0 Å². The molecule has 6 amide bonds. The summed E-state index contributed by atoms with van der Waals surface area (Å²) in [4.78, 5) is 98.1. The largest absolute Gasteiger partial charge is 0.356 e. The molecule has 0 aromatic carbocycles. The highest BCUT2D eigenvalue weighted by molar-refractivity contribution is 6.13. The van der Waals surface area contributed by atoms with Gasteiger partial charge in [0.2, 0.25) is 11.8 Å². The smallest absolute Gasteiger partial charge is 0.253 e. The number of Topliss-reactive ketones (excluding diaryl/α,β-unsaturated/α-hetero) is 2. The van der Waals surface area contributed by atoms with Crippen LogP contribution in [0, 0.1) is 5.92 Å². The average Bonchev–Trinajstić information content (AvgIpc) is 3.49. The van der Waals surface area contributed by atoms with Crippen LogP contribution in [0.1, 0.15) is 96.8 Å². The Hall–Kier alpha value is -3.96. The van der Waals surface area contributed by atoms with Crippen molar-refractivity contribution in [2.45, 2.75) is 96.8 Å². The van der Waals surface area contributed by atoms with Crippen molar-refractivity contribution < 1.29 is 38.4 Å². The molecular weight excluding hydrogens is 568 g/mol. The molecule has 2 aliphatic rings. The van der Waals surface area contributed by atoms with Crippen molar-refractivity contribution in [3.8, 4) is 0 Å². The van der Waals surface area contributed by atoms with E-state index in [0.717, 1.165) is 60.5 Å². The third kappa shape index (κ3) is 13.6. The van der Waals surface area contributed by atoms with Crippen molar-refractivity contribution in [2.75, 3.05) is 26.2 Å². The molecule has 0 aromatic rings. The zero-order chi connectivity index (χ0) is 32.3. The minimum Gasteiger partial charge on any atom is -0.356 e. The zero-order valence-corrected chi connectivity index (χ0v) is 25.8. The topological polar surface area (TPSA) is 167 Å². The molecule has 2 rings (SSSR count). The molecule has 0 bridgehead atoms. The maximum atomic E-state index is 13.0. The first-order chi connectivity index (χ1) is 21.1. The van der Waals surface area contributed by atoms with E-state index in [1.54, 1.807) is 0 Å². The molecule has 0 unspecified atom stereocenters. The quantitative estimate of drug-likeness (QED) is 0.123. The molecule has 1 atom stereocenters. The van der Waals surface area contributed by atoms with Gasteiger partial charge < -0.3 is 10.6 Å². The van der Waals surface area contributed by atoms with E-state index in [4.69, 9.17) is 0 Å². The Bertz CT molecular complexity index is 1090. The maximum Gasteiger partial charge on any atom is 0.253 e. The fourth-order valence-electron chi connectivity index (χ4n) is 5.02. The lowest BCUT2D eigenvalue weighted by Crippen LogP contribution is -2.35. The molecule has 12 nitrogen and oxygen atoms in total. The summed E-state index contributed by atoms with van der Waals surface area (Å²) in [5, 5.41) is 5.67. The molecular formula is C32H46N4O8. The van der Waals surface area contributed by atoms with E-state index in [1.165, 1.54) is 12.2 Å². The van der Waals surface area contributed by atoms with Crippen LogP contribution in [0.25, 0.3) is 0 Å². The molecule has 0 radical (unpaired) electrons. The van der Waals surface area contributed by atoms with Gasteiger partial charge in [0.1, 0.15) is 11.6 Å². The third-order valence-corrected chi connectivity index (χ3v) is 7.58. The van der Waals surface area contributed by atoms with E-state index in [9.17, 15) is 38.4 Å². The second kappa shape index (κ2) is 20.1. The van der Waals surface area contributed by atoms with Crippen molar-refractivity contribution in [1.82, 2.24) is 20.4 Å². The number of hydrogen-bond acceptors (Lipinski definition) is 8. The minimum atomic E-state index is -0.578. The van der Waals surface area contributed by atoms with Gasteiger partial charge in [0, 0.05) is 88.5 Å². The Morgan fingerprint density at radius 1 is 0.614 bits per heavy atom. The zero-order valence-electron chi connectivity index (χ0n) is 25.8. The van der Waals surface area contributed by atoms with Gasteiger partial charge in [-0.3, -0.25) is 48.2 Å². The summed E-state index contributed by atoms with van der Waals surface area (Å²) >= 11 is 0. The van der Waals surface area contributed by atoms with Gasteiger partial charge in [-0.2, -0.15) is 0 Å². The molecule has 0 saturated carbocycles. The summed E-state index contributed by atoms with van der Waals surface area (Å²) in [5.41, 5.74) is 0. The first-order valence-electron chi connectivity index (χ1n) is 15.8. The fourth-order valence-corrected chi connectivity index (χ4v) is 5.02. The van der Waals surface area contributed by atoms with Crippen LogP contribution in [-0.2, 0) is 38.4 Å². The van der Waals surface area contributed by atoms with Gasteiger partial charge in [-0.15, -0.1) is 0 Å². The summed E-state index contributed by atoms with van der Waals surface area (Å²) in [6.45, 7) is 2.80. The van der Waals surface area contributed by atoms with E-state index in [0.29, 0.717) is 51.0 Å². The third-order valence-electron chi connectivity index (χ3n) is 7.58. The van der Waals surface area contributed by atoms with E-state index in [1.807, 2.05) is 6.92 Å². The van der Waals surface area contributed by atoms with Crippen LogP contribution in [-0.4, -0.2) is 83.0 Å². The van der Waals surface area contributed by atoms with Crippen molar-refractivity contribution >= 4 is 47.0 Å². The number of amides is 6. The van der Waals surface area contributed by atoms with E-state index < -0.39 is 29.5 Å². The molecule has 0 aromatic heterocycles. The standard InChI is InChI=1S/C32H46N4O8/c1-2-10-25(37)12-6-4-3-5-8-20-34-32(44)24(23-26(38)17-21-35-28(40)13-14-29(35)41)11-7-9-19-33-27(39)18-22-36-30(42)15-16-31(36)43/h13-16,24H,2-12,17-23H2,1H3,(H,33,39)(H,34,44)/t24-/m1/s1. The molecule has 0 fully saturated rings. The Labute approximate surface area is 259 Å². The molecule has 44 heavy (non-hydrogen) atoms. The molecule has 0 spiro atoms. The van der Waals surface area contributed by atoms with Crippen LogP contribution in [0.4, 0.5) is 0 Å². The number of carbonyl (C=O) groups is 8. The van der Waals surface area contributed by atoms with Gasteiger partial charge in [0.05, 0.1) is 0 Å². The minimum absolute atomic E-state index is 0.00414. The Balaban J connectivity index is 1.72. The lowest BCUT2D eigenvalue weighted by molar-refractivity contribution is -0.139. The van der Waals surface area contributed by atoms with Gasteiger partial charge in [0.15, 0.2) is 0 Å². The number of nitrogens with zero attached hydrogens (tertiary/aromatic N) is 2. The highest BCUT2D eigenvalue weighted by atomic mass is 16.2. The number of ketones is 2. The Morgan fingerprint density at radius 3 is 1.75 bits per heavy atom. The van der Waals surface area contributed by atoms with Gasteiger partial charge in [-0.25, -0.2) is 0 Å². The normalized spacial score (nSPS) is 14.9. The first kappa shape index (κ1) is 36.2. The van der Waals surface area contributed by atoms with Gasteiger partial charge in [-0.05, 0) is 32.1 Å². The van der Waals surface area contributed by atoms with E-state index in [-0.39, 0.29) is 49.9 Å². The molecule has 12 heteroatoms. The average molecular weight is 615 g/mol. The Morgan fingerprint density at radius 2 is 1.14 bits per heavy atom. The molecule has 242 valence electrons. The van der Waals surface area contributed by atoms with E-state index in [2.05, 4.69) is 10.6 Å². The van der Waals surface area contributed by atoms with Gasteiger partial charge in [0.25, 0.3) is 23.6 Å². The molecule has 2 N–H and O–H groups in total. The summed E-state index contributed by atoms with van der Waals surface area (Å²) < 4.78 is 0. The lowest BCUT2D eigenvalue weighted by atomic mass is 9.94. The summed E-state index contributed by atoms with van der Waals surface area (Å²) in [6.07, 6.45) is 12.9. The second-order valence-corrected chi connectivity index (χ2v) is 11.2. The molecule has 0 aliphatic carbocycles. The highest BCUT2D eigenvalue weighted by Crippen LogP contribution is 2.16. The van der Waals surface area contributed by atoms with Crippen LogP contribution in [0.3, 0.4) is 0 Å². The van der Waals surface area contributed by atoms with Crippen LogP contribution < -0.4 is 10.6 Å². The predicted octanol–water partition coefficient (Wildman–Crippen LogP) is 2.30.